The van der Waals surface area contributed by atoms with E-state index in [0.717, 1.165) is 6.42 Å². The maximum atomic E-state index is 11.3. The first-order valence-electron chi connectivity index (χ1n) is 4.84. The van der Waals surface area contributed by atoms with Gasteiger partial charge in [-0.25, -0.2) is 10.2 Å². The van der Waals surface area contributed by atoms with E-state index in [9.17, 15) is 9.59 Å². The van der Waals surface area contributed by atoms with Crippen molar-refractivity contribution in [3.05, 3.63) is 0 Å². The van der Waals surface area contributed by atoms with Crippen LogP contribution < -0.4 is 11.2 Å². The average Bonchev–Trinajstić information content (AvgIpc) is 2.56. The molecule has 0 aromatic heterocycles. The summed E-state index contributed by atoms with van der Waals surface area (Å²) in [7, 11) is 0. The highest BCUT2D eigenvalue weighted by Gasteiger charge is 2.34. The highest BCUT2D eigenvalue weighted by atomic mass is 16.6. The van der Waals surface area contributed by atoms with E-state index in [0.29, 0.717) is 12.1 Å². The highest BCUT2D eigenvalue weighted by molar-refractivity contribution is 5.91. The maximum Gasteiger partial charge on any atom is 0.332 e. The maximum absolute atomic E-state index is 11.3. The van der Waals surface area contributed by atoms with Crippen molar-refractivity contribution in [3.8, 4) is 0 Å². The molecule has 84 valence electrons. The van der Waals surface area contributed by atoms with Gasteiger partial charge in [-0.1, -0.05) is 6.92 Å². The first kappa shape index (κ1) is 11.5. The minimum absolute atomic E-state index is 0.0614. The van der Waals surface area contributed by atoms with E-state index in [2.05, 4.69) is 10.5 Å². The fourth-order valence-electron chi connectivity index (χ4n) is 1.44. The van der Waals surface area contributed by atoms with Crippen molar-refractivity contribution in [2.45, 2.75) is 32.8 Å². The molecule has 0 unspecified atom stereocenters. The molecule has 1 fully saturated rings. The van der Waals surface area contributed by atoms with Crippen LogP contribution in [0.3, 0.4) is 0 Å². The summed E-state index contributed by atoms with van der Waals surface area (Å²) in [5, 5.41) is 3.72. The van der Waals surface area contributed by atoms with E-state index in [1.807, 2.05) is 6.92 Å². The zero-order valence-electron chi connectivity index (χ0n) is 8.82. The monoisotopic (exact) mass is 213 g/mol. The Bertz CT molecular complexity index is 301. The summed E-state index contributed by atoms with van der Waals surface area (Å²) in [6.45, 7) is 3.62. The largest absolute Gasteiger partial charge is 0.456 e. The summed E-state index contributed by atoms with van der Waals surface area (Å²) >= 11 is 0. The lowest BCUT2D eigenvalue weighted by molar-refractivity contribution is -0.142. The summed E-state index contributed by atoms with van der Waals surface area (Å²) < 4.78 is 5.10. The molecule has 6 nitrogen and oxygen atoms in total. The predicted molar refractivity (Wildman–Crippen MR) is 54.1 cm³/mol. The Kier molecular flexibility index (Phi) is 3.65. The van der Waals surface area contributed by atoms with Crippen molar-refractivity contribution >= 4 is 17.7 Å². The summed E-state index contributed by atoms with van der Waals surface area (Å²) in [6.07, 6.45) is 1.03. The number of primary amides is 1. The molecule has 1 rings (SSSR count). The molecule has 0 aliphatic carbocycles. The minimum atomic E-state index is -0.731. The van der Waals surface area contributed by atoms with Crippen molar-refractivity contribution in [1.29, 1.82) is 0 Å². The summed E-state index contributed by atoms with van der Waals surface area (Å²) in [4.78, 5) is 21.7. The quantitative estimate of drug-likeness (QED) is 0.403. The molecule has 1 aliphatic rings. The molecule has 1 heterocycles. The fraction of sp³-hybridized carbons (Fsp3) is 0.667. The average molecular weight is 213 g/mol. The van der Waals surface area contributed by atoms with Crippen LogP contribution in [-0.4, -0.2) is 23.8 Å². The van der Waals surface area contributed by atoms with Crippen LogP contribution >= 0.6 is 0 Å². The first-order valence-corrected chi connectivity index (χ1v) is 4.84. The van der Waals surface area contributed by atoms with Crippen molar-refractivity contribution in [2.75, 3.05) is 0 Å². The van der Waals surface area contributed by atoms with E-state index < -0.39 is 6.03 Å². The van der Waals surface area contributed by atoms with Gasteiger partial charge in [-0.2, -0.15) is 5.10 Å². The molecule has 15 heavy (non-hydrogen) atoms. The van der Waals surface area contributed by atoms with Crippen LogP contribution in [0, 0.1) is 5.92 Å². The summed E-state index contributed by atoms with van der Waals surface area (Å²) in [5.41, 5.74) is 7.51. The van der Waals surface area contributed by atoms with E-state index in [1.165, 1.54) is 0 Å². The number of hydrogen-bond donors (Lipinski definition) is 2. The number of carbonyl (C=O) groups excluding carboxylic acids is 2. The van der Waals surface area contributed by atoms with Crippen molar-refractivity contribution in [1.82, 2.24) is 5.43 Å². The number of rotatable bonds is 3. The molecule has 3 N–H and O–H groups in total. The van der Waals surface area contributed by atoms with Gasteiger partial charge in [0.15, 0.2) is 0 Å². The summed E-state index contributed by atoms with van der Waals surface area (Å²) in [5.74, 6) is -0.259. The molecule has 0 saturated carbocycles. The second kappa shape index (κ2) is 4.77. The van der Waals surface area contributed by atoms with Crippen molar-refractivity contribution in [2.24, 2.45) is 16.8 Å². The standard InChI is InChI=1S/C9H15N3O3/c1-3-6-4-7(15-8(6)13)5(2)11-12-9(10)14/h6-7H,3-4H2,1-2H3,(H3,10,12,14)/b11-5-/t6-,7-/m1/s1. The number of cyclic esters (lactones) is 1. The summed E-state index contributed by atoms with van der Waals surface area (Å²) in [6, 6.07) is -0.731. The normalized spacial score (nSPS) is 26.3. The molecular weight excluding hydrogens is 198 g/mol. The molecule has 2 atom stereocenters. The van der Waals surface area contributed by atoms with Crippen molar-refractivity contribution in [3.63, 3.8) is 0 Å². The number of hydrazone groups is 1. The van der Waals surface area contributed by atoms with Gasteiger partial charge in [-0.3, -0.25) is 4.79 Å². The Morgan fingerprint density at radius 3 is 2.87 bits per heavy atom. The van der Waals surface area contributed by atoms with Crippen molar-refractivity contribution < 1.29 is 14.3 Å². The molecule has 6 heteroatoms. The number of amides is 2. The third kappa shape index (κ3) is 2.93. The third-order valence-electron chi connectivity index (χ3n) is 2.39. The van der Waals surface area contributed by atoms with Crippen LogP contribution in [0.2, 0.25) is 0 Å². The second-order valence-electron chi connectivity index (χ2n) is 3.50. The first-order chi connectivity index (χ1) is 7.04. The topological polar surface area (TPSA) is 93.8 Å². The molecule has 0 spiro atoms. The van der Waals surface area contributed by atoms with Gasteiger partial charge in [0.1, 0.15) is 6.10 Å². The van der Waals surface area contributed by atoms with Gasteiger partial charge in [-0.15, -0.1) is 0 Å². The molecular formula is C9H15N3O3. The molecule has 1 saturated heterocycles. The van der Waals surface area contributed by atoms with Crippen LogP contribution in [0.1, 0.15) is 26.7 Å². The number of hydrogen-bond acceptors (Lipinski definition) is 4. The molecule has 2 amide bonds. The number of esters is 1. The molecule has 0 radical (unpaired) electrons. The molecule has 0 aromatic carbocycles. The molecule has 1 aliphatic heterocycles. The molecule has 0 bridgehead atoms. The lowest BCUT2D eigenvalue weighted by Gasteiger charge is -2.07. The van der Waals surface area contributed by atoms with Gasteiger partial charge in [-0.05, 0) is 13.3 Å². The molecule has 0 aromatic rings. The number of nitrogens with one attached hydrogen (secondary N) is 1. The predicted octanol–water partition coefficient (Wildman–Crippen LogP) is 0.372. The van der Waals surface area contributed by atoms with Crippen LogP contribution in [0.5, 0.6) is 0 Å². The van der Waals surface area contributed by atoms with Gasteiger partial charge >= 0.3 is 12.0 Å². The van der Waals surface area contributed by atoms with E-state index in [1.54, 1.807) is 6.92 Å². The number of urea groups is 1. The van der Waals surface area contributed by atoms with Crippen LogP contribution in [0.4, 0.5) is 4.79 Å². The Balaban J connectivity index is 2.56. The zero-order chi connectivity index (χ0) is 11.4. The van der Waals surface area contributed by atoms with Gasteiger partial charge in [0, 0.05) is 6.42 Å². The lowest BCUT2D eigenvalue weighted by atomic mass is 10.0. The van der Waals surface area contributed by atoms with Gasteiger partial charge in [0.25, 0.3) is 0 Å². The minimum Gasteiger partial charge on any atom is -0.456 e. The van der Waals surface area contributed by atoms with Crippen LogP contribution in [-0.2, 0) is 9.53 Å². The third-order valence-corrected chi connectivity index (χ3v) is 2.39. The lowest BCUT2D eigenvalue weighted by Crippen LogP contribution is -2.28. The zero-order valence-corrected chi connectivity index (χ0v) is 8.82. The van der Waals surface area contributed by atoms with E-state index in [4.69, 9.17) is 10.5 Å². The second-order valence-corrected chi connectivity index (χ2v) is 3.50. The van der Waals surface area contributed by atoms with Gasteiger partial charge in [0.05, 0.1) is 11.6 Å². The van der Waals surface area contributed by atoms with Gasteiger partial charge in [0.2, 0.25) is 0 Å². The Labute approximate surface area is 87.8 Å². The number of carbonyl (C=O) groups is 2. The number of nitrogens with zero attached hydrogens (tertiary/aromatic N) is 1. The van der Waals surface area contributed by atoms with E-state index >= 15 is 0 Å². The van der Waals surface area contributed by atoms with Gasteiger partial charge < -0.3 is 10.5 Å². The fourth-order valence-corrected chi connectivity index (χ4v) is 1.44. The smallest absolute Gasteiger partial charge is 0.332 e. The van der Waals surface area contributed by atoms with E-state index in [-0.39, 0.29) is 18.0 Å². The number of ether oxygens (including phenoxy) is 1. The Morgan fingerprint density at radius 2 is 2.40 bits per heavy atom. The van der Waals surface area contributed by atoms with Crippen LogP contribution in [0.15, 0.2) is 5.10 Å². The highest BCUT2D eigenvalue weighted by Crippen LogP contribution is 2.24. The van der Waals surface area contributed by atoms with Crippen LogP contribution in [0.25, 0.3) is 0 Å². The SMILES string of the molecule is CC[C@@H]1C[C@H](/C(C)=N\NC(N)=O)OC1=O. The Hall–Kier alpha value is -1.59. The Morgan fingerprint density at radius 1 is 1.73 bits per heavy atom. The number of nitrogens with two attached hydrogens (primary N) is 1.